The molecule has 4 heteroatoms. The molecule has 0 radical (unpaired) electrons. The highest BCUT2D eigenvalue weighted by Gasteiger charge is 2.18. The number of nitrogens with zero attached hydrogens (tertiary/aromatic N) is 2. The van der Waals surface area contributed by atoms with Crippen molar-refractivity contribution in [1.82, 2.24) is 10.3 Å². The van der Waals surface area contributed by atoms with E-state index in [1.54, 1.807) is 12.4 Å². The minimum Gasteiger partial charge on any atom is -0.370 e. The second kappa shape index (κ2) is 5.51. The number of nitrogens with one attached hydrogen (secondary N) is 1. The van der Waals surface area contributed by atoms with Crippen LogP contribution in [0, 0.1) is 0 Å². The fourth-order valence-electron chi connectivity index (χ4n) is 2.24. The van der Waals surface area contributed by atoms with Crippen LogP contribution in [-0.2, 0) is 0 Å². The summed E-state index contributed by atoms with van der Waals surface area (Å²) in [6.07, 6.45) is 7.14. The molecule has 1 aromatic rings. The molecule has 2 rings (SSSR count). The van der Waals surface area contributed by atoms with E-state index in [9.17, 15) is 0 Å². The molecule has 1 fully saturated rings. The van der Waals surface area contributed by atoms with Crippen LogP contribution in [0.3, 0.4) is 0 Å². The molecule has 2 heterocycles. The molecule has 0 amide bonds. The lowest BCUT2D eigenvalue weighted by Gasteiger charge is -2.29. The van der Waals surface area contributed by atoms with E-state index in [0.29, 0.717) is 6.04 Å². The molecule has 0 spiro atoms. The summed E-state index contributed by atoms with van der Waals surface area (Å²) in [6.45, 7) is 2.23. The number of hydrogen-bond donors (Lipinski definition) is 1. The Bertz CT molecular complexity index is 335. The van der Waals surface area contributed by atoms with Crippen LogP contribution < -0.4 is 10.2 Å². The molecule has 1 aromatic heterocycles. The van der Waals surface area contributed by atoms with Gasteiger partial charge in [-0.1, -0.05) is 11.6 Å². The number of pyridine rings is 1. The maximum Gasteiger partial charge on any atom is 0.0822 e. The monoisotopic (exact) mass is 239 g/mol. The number of aromatic nitrogens is 1. The minimum absolute atomic E-state index is 0.579. The fourth-order valence-corrected chi connectivity index (χ4v) is 2.49. The van der Waals surface area contributed by atoms with E-state index in [4.69, 9.17) is 11.6 Å². The SMILES string of the molecule is CN(c1ccncc1Cl)C1CCCNCC1. The second-order valence-electron chi connectivity index (χ2n) is 4.27. The van der Waals surface area contributed by atoms with Crippen molar-refractivity contribution in [3.63, 3.8) is 0 Å². The zero-order valence-electron chi connectivity index (χ0n) is 9.62. The summed E-state index contributed by atoms with van der Waals surface area (Å²) in [5, 5.41) is 4.16. The summed E-state index contributed by atoms with van der Waals surface area (Å²) in [7, 11) is 2.12. The molecule has 0 aromatic carbocycles. The molecule has 3 nitrogen and oxygen atoms in total. The van der Waals surface area contributed by atoms with Gasteiger partial charge in [-0.2, -0.15) is 0 Å². The lowest BCUT2D eigenvalue weighted by molar-refractivity contribution is 0.567. The smallest absolute Gasteiger partial charge is 0.0822 e. The Balaban J connectivity index is 2.11. The molecule has 16 heavy (non-hydrogen) atoms. The third kappa shape index (κ3) is 2.66. The summed E-state index contributed by atoms with van der Waals surface area (Å²) < 4.78 is 0. The predicted molar refractivity (Wildman–Crippen MR) is 68.2 cm³/mol. The highest BCUT2D eigenvalue weighted by molar-refractivity contribution is 6.33. The largest absolute Gasteiger partial charge is 0.370 e. The van der Waals surface area contributed by atoms with Gasteiger partial charge in [0.2, 0.25) is 0 Å². The summed E-state index contributed by atoms with van der Waals surface area (Å²) in [6, 6.07) is 2.57. The van der Waals surface area contributed by atoms with Crippen LogP contribution in [0.5, 0.6) is 0 Å². The molecule has 1 aliphatic heterocycles. The molecule has 1 N–H and O–H groups in total. The van der Waals surface area contributed by atoms with Crippen LogP contribution in [0.25, 0.3) is 0 Å². The van der Waals surface area contributed by atoms with Gasteiger partial charge in [0.15, 0.2) is 0 Å². The zero-order chi connectivity index (χ0) is 11.4. The maximum atomic E-state index is 6.16. The second-order valence-corrected chi connectivity index (χ2v) is 4.68. The quantitative estimate of drug-likeness (QED) is 0.859. The van der Waals surface area contributed by atoms with E-state index in [2.05, 4.69) is 22.2 Å². The van der Waals surface area contributed by atoms with Gasteiger partial charge >= 0.3 is 0 Å². The predicted octanol–water partition coefficient (Wildman–Crippen LogP) is 2.31. The summed E-state index contributed by atoms with van der Waals surface area (Å²) in [5.41, 5.74) is 1.09. The molecule has 1 atom stereocenters. The molecular weight excluding hydrogens is 222 g/mol. The molecule has 88 valence electrons. The highest BCUT2D eigenvalue weighted by atomic mass is 35.5. The first-order valence-electron chi connectivity index (χ1n) is 5.82. The molecular formula is C12H18ClN3. The van der Waals surface area contributed by atoms with Crippen molar-refractivity contribution >= 4 is 17.3 Å². The first-order chi connectivity index (χ1) is 7.79. The van der Waals surface area contributed by atoms with Gasteiger partial charge in [-0.25, -0.2) is 0 Å². The van der Waals surface area contributed by atoms with Gasteiger partial charge in [0.05, 0.1) is 10.7 Å². The number of halogens is 1. The van der Waals surface area contributed by atoms with E-state index < -0.39 is 0 Å². The van der Waals surface area contributed by atoms with E-state index in [-0.39, 0.29) is 0 Å². The maximum absolute atomic E-state index is 6.16. The average molecular weight is 240 g/mol. The van der Waals surface area contributed by atoms with E-state index >= 15 is 0 Å². The lowest BCUT2D eigenvalue weighted by atomic mass is 10.1. The van der Waals surface area contributed by atoms with Gasteiger partial charge in [-0.3, -0.25) is 4.98 Å². The standard InChI is InChI=1S/C12H18ClN3/c1-16(10-3-2-6-14-7-4-10)12-5-8-15-9-11(12)13/h5,8-10,14H,2-4,6-7H2,1H3. The number of anilines is 1. The van der Waals surface area contributed by atoms with Crippen molar-refractivity contribution in [2.24, 2.45) is 0 Å². The normalized spacial score (nSPS) is 21.5. The Morgan fingerprint density at radius 1 is 1.44 bits per heavy atom. The first kappa shape index (κ1) is 11.7. The van der Waals surface area contributed by atoms with Gasteiger partial charge in [0, 0.05) is 25.5 Å². The fraction of sp³-hybridized carbons (Fsp3) is 0.583. The third-order valence-electron chi connectivity index (χ3n) is 3.22. The van der Waals surface area contributed by atoms with Crippen molar-refractivity contribution in [3.8, 4) is 0 Å². The van der Waals surface area contributed by atoms with Gasteiger partial charge < -0.3 is 10.2 Å². The Morgan fingerprint density at radius 3 is 3.12 bits per heavy atom. The van der Waals surface area contributed by atoms with Gasteiger partial charge in [0.25, 0.3) is 0 Å². The van der Waals surface area contributed by atoms with Crippen molar-refractivity contribution in [2.75, 3.05) is 25.0 Å². The van der Waals surface area contributed by atoms with Gasteiger partial charge in [-0.15, -0.1) is 0 Å². The van der Waals surface area contributed by atoms with Crippen molar-refractivity contribution < 1.29 is 0 Å². The molecule has 0 saturated carbocycles. The van der Waals surface area contributed by atoms with Crippen molar-refractivity contribution in [1.29, 1.82) is 0 Å². The summed E-state index contributed by atoms with van der Waals surface area (Å²) in [5.74, 6) is 0. The van der Waals surface area contributed by atoms with Crippen LogP contribution in [0.1, 0.15) is 19.3 Å². The molecule has 0 bridgehead atoms. The van der Waals surface area contributed by atoms with Crippen LogP contribution >= 0.6 is 11.6 Å². The van der Waals surface area contributed by atoms with Crippen LogP contribution in [0.4, 0.5) is 5.69 Å². The lowest BCUT2D eigenvalue weighted by Crippen LogP contribution is -2.32. The Hall–Kier alpha value is -0.800. The Labute approximate surface area is 102 Å². The van der Waals surface area contributed by atoms with Crippen molar-refractivity contribution in [3.05, 3.63) is 23.5 Å². The Kier molecular flexibility index (Phi) is 4.02. The van der Waals surface area contributed by atoms with Crippen LogP contribution in [0.15, 0.2) is 18.5 Å². The summed E-state index contributed by atoms with van der Waals surface area (Å²) in [4.78, 5) is 6.31. The average Bonchev–Trinajstić information content (AvgIpc) is 2.57. The zero-order valence-corrected chi connectivity index (χ0v) is 10.4. The van der Waals surface area contributed by atoms with Gasteiger partial charge in [-0.05, 0) is 38.4 Å². The topological polar surface area (TPSA) is 28.2 Å². The van der Waals surface area contributed by atoms with E-state index in [1.165, 1.54) is 19.3 Å². The molecule has 0 aliphatic carbocycles. The number of hydrogen-bond acceptors (Lipinski definition) is 3. The van der Waals surface area contributed by atoms with Crippen LogP contribution in [0.2, 0.25) is 5.02 Å². The van der Waals surface area contributed by atoms with Crippen molar-refractivity contribution in [2.45, 2.75) is 25.3 Å². The number of rotatable bonds is 2. The minimum atomic E-state index is 0.579. The van der Waals surface area contributed by atoms with E-state index in [0.717, 1.165) is 23.8 Å². The van der Waals surface area contributed by atoms with Gasteiger partial charge in [0.1, 0.15) is 0 Å². The Morgan fingerprint density at radius 2 is 2.31 bits per heavy atom. The first-order valence-corrected chi connectivity index (χ1v) is 6.20. The molecule has 1 saturated heterocycles. The highest BCUT2D eigenvalue weighted by Crippen LogP contribution is 2.27. The van der Waals surface area contributed by atoms with E-state index in [1.807, 2.05) is 6.07 Å². The third-order valence-corrected chi connectivity index (χ3v) is 3.52. The molecule has 1 unspecified atom stereocenters. The van der Waals surface area contributed by atoms with Crippen LogP contribution in [-0.4, -0.2) is 31.2 Å². The summed E-state index contributed by atoms with van der Waals surface area (Å²) >= 11 is 6.16. The molecule has 1 aliphatic rings.